The minimum Gasteiger partial charge on any atom is -0.321 e. The monoisotopic (exact) mass is 321 g/mol. The summed E-state index contributed by atoms with van der Waals surface area (Å²) >= 11 is 0. The minimum atomic E-state index is -0.405. The highest BCUT2D eigenvalue weighted by Crippen LogP contribution is 2.19. The van der Waals surface area contributed by atoms with Crippen molar-refractivity contribution in [2.75, 3.05) is 11.4 Å². The van der Waals surface area contributed by atoms with Gasteiger partial charge in [-0.3, -0.25) is 14.5 Å². The first-order valence-electron chi connectivity index (χ1n) is 7.72. The Kier molecular flexibility index (Phi) is 3.45. The summed E-state index contributed by atoms with van der Waals surface area (Å²) in [5.41, 5.74) is 1.27. The Labute approximate surface area is 137 Å². The molecule has 0 fully saturated rings. The number of hydrogen-bond donors (Lipinski definition) is 1. The molecule has 0 bridgehead atoms. The molecule has 4 rings (SSSR count). The van der Waals surface area contributed by atoms with E-state index in [4.69, 9.17) is 0 Å². The zero-order valence-electron chi connectivity index (χ0n) is 12.8. The van der Waals surface area contributed by atoms with Crippen LogP contribution in [0.3, 0.4) is 0 Å². The van der Waals surface area contributed by atoms with Gasteiger partial charge in [0, 0.05) is 18.8 Å². The van der Waals surface area contributed by atoms with Gasteiger partial charge in [0.2, 0.25) is 5.95 Å². The van der Waals surface area contributed by atoms with Crippen LogP contribution in [0.15, 0.2) is 53.6 Å². The van der Waals surface area contributed by atoms with Crippen LogP contribution in [0.1, 0.15) is 16.8 Å². The summed E-state index contributed by atoms with van der Waals surface area (Å²) in [6.07, 6.45) is 2.20. The number of benzene rings is 1. The van der Waals surface area contributed by atoms with Gasteiger partial charge in [0.1, 0.15) is 11.9 Å². The molecule has 0 saturated heterocycles. The zero-order chi connectivity index (χ0) is 16.5. The van der Waals surface area contributed by atoms with Crippen LogP contribution in [0.25, 0.3) is 11.3 Å². The Hall–Kier alpha value is -3.22. The van der Waals surface area contributed by atoms with E-state index in [1.807, 2.05) is 30.3 Å². The largest absolute Gasteiger partial charge is 0.321 e. The van der Waals surface area contributed by atoms with Gasteiger partial charge in [-0.1, -0.05) is 30.3 Å². The van der Waals surface area contributed by atoms with E-state index in [-0.39, 0.29) is 11.5 Å². The number of hydrogen-bond acceptors (Lipinski definition) is 4. The van der Waals surface area contributed by atoms with Gasteiger partial charge in [-0.15, -0.1) is 0 Å². The van der Waals surface area contributed by atoms with Crippen molar-refractivity contribution in [1.29, 1.82) is 0 Å². The molecule has 1 aliphatic rings. The molecule has 1 aromatic carbocycles. The molecule has 0 spiro atoms. The van der Waals surface area contributed by atoms with Crippen LogP contribution in [0, 0.1) is 0 Å². The third-order valence-corrected chi connectivity index (χ3v) is 4.06. The highest BCUT2D eigenvalue weighted by molar-refractivity contribution is 6.05. The Bertz CT molecular complexity index is 945. The topological polar surface area (TPSA) is 83.9 Å². The Morgan fingerprint density at radius 3 is 2.71 bits per heavy atom. The van der Waals surface area contributed by atoms with Gasteiger partial charge in [0.25, 0.3) is 11.5 Å². The number of pyridine rings is 1. The molecule has 0 saturated carbocycles. The molecule has 0 aliphatic carbocycles. The molecule has 0 atom stereocenters. The van der Waals surface area contributed by atoms with Gasteiger partial charge >= 0.3 is 0 Å². The number of aromatic amines is 1. The Morgan fingerprint density at radius 1 is 1.08 bits per heavy atom. The van der Waals surface area contributed by atoms with Gasteiger partial charge in [-0.05, 0) is 24.1 Å². The second-order valence-electron chi connectivity index (χ2n) is 5.57. The Balaban J connectivity index is 1.69. The molecule has 0 radical (unpaired) electrons. The maximum Gasteiger partial charge on any atom is 0.266 e. The van der Waals surface area contributed by atoms with Crippen LogP contribution >= 0.6 is 0 Å². The van der Waals surface area contributed by atoms with Crippen LogP contribution in [0.5, 0.6) is 0 Å². The van der Waals surface area contributed by atoms with Crippen LogP contribution < -0.4 is 10.5 Å². The maximum absolute atomic E-state index is 12.8. The van der Waals surface area contributed by atoms with E-state index in [1.165, 1.54) is 11.2 Å². The summed E-state index contributed by atoms with van der Waals surface area (Å²) in [5.74, 6) is 0.127. The summed E-state index contributed by atoms with van der Waals surface area (Å²) in [6, 6.07) is 12.8. The van der Waals surface area contributed by atoms with Gasteiger partial charge < -0.3 is 4.98 Å². The summed E-state index contributed by atoms with van der Waals surface area (Å²) in [6.45, 7) is 1.25. The van der Waals surface area contributed by atoms with Gasteiger partial charge in [0.05, 0.1) is 0 Å². The molecular formula is C17H15N5O2. The molecule has 1 aliphatic heterocycles. The van der Waals surface area contributed by atoms with Crippen molar-refractivity contribution in [3.05, 3.63) is 64.7 Å². The van der Waals surface area contributed by atoms with E-state index >= 15 is 0 Å². The van der Waals surface area contributed by atoms with E-state index in [0.717, 1.165) is 18.5 Å². The smallest absolute Gasteiger partial charge is 0.266 e. The van der Waals surface area contributed by atoms with E-state index in [9.17, 15) is 9.59 Å². The summed E-state index contributed by atoms with van der Waals surface area (Å²) < 4.78 is 1.67. The number of carbonyl (C=O) groups is 1. The number of H-pyrrole nitrogens is 1. The van der Waals surface area contributed by atoms with Crippen molar-refractivity contribution >= 4 is 11.9 Å². The quantitative estimate of drug-likeness (QED) is 0.778. The van der Waals surface area contributed by atoms with Crippen molar-refractivity contribution in [2.45, 2.75) is 13.0 Å². The molecule has 3 heterocycles. The first kappa shape index (κ1) is 14.4. The molecule has 7 heteroatoms. The summed E-state index contributed by atoms with van der Waals surface area (Å²) in [5, 5.41) is 4.09. The Morgan fingerprint density at radius 2 is 1.92 bits per heavy atom. The van der Waals surface area contributed by atoms with Crippen molar-refractivity contribution in [1.82, 2.24) is 19.7 Å². The third-order valence-electron chi connectivity index (χ3n) is 4.06. The molecule has 0 unspecified atom stereocenters. The maximum atomic E-state index is 12.8. The fraction of sp³-hybridized carbons (Fsp3) is 0.176. The lowest BCUT2D eigenvalue weighted by molar-refractivity contribution is 0.0979. The lowest BCUT2D eigenvalue weighted by Gasteiger charge is -2.25. The van der Waals surface area contributed by atoms with E-state index in [2.05, 4.69) is 15.1 Å². The van der Waals surface area contributed by atoms with Gasteiger partial charge in [0.15, 0.2) is 0 Å². The fourth-order valence-electron chi connectivity index (χ4n) is 2.87. The first-order valence-corrected chi connectivity index (χ1v) is 7.72. The number of fused-ring (bicyclic) bond motifs is 1. The highest BCUT2D eigenvalue weighted by Gasteiger charge is 2.27. The summed E-state index contributed by atoms with van der Waals surface area (Å²) in [7, 11) is 0. The zero-order valence-corrected chi connectivity index (χ0v) is 12.8. The molecule has 3 aromatic rings. The van der Waals surface area contributed by atoms with Crippen molar-refractivity contribution in [2.24, 2.45) is 0 Å². The van der Waals surface area contributed by atoms with Crippen LogP contribution in [0.2, 0.25) is 0 Å². The number of carbonyl (C=O) groups excluding carboxylic acids is 1. The average molecular weight is 321 g/mol. The predicted molar refractivity (Wildman–Crippen MR) is 88.8 cm³/mol. The number of aromatic nitrogens is 4. The molecule has 2 aromatic heterocycles. The van der Waals surface area contributed by atoms with Crippen molar-refractivity contribution < 1.29 is 4.79 Å². The highest BCUT2D eigenvalue weighted by atomic mass is 16.2. The van der Waals surface area contributed by atoms with Crippen LogP contribution in [-0.2, 0) is 6.54 Å². The number of rotatable bonds is 2. The molecular weight excluding hydrogens is 306 g/mol. The second-order valence-corrected chi connectivity index (χ2v) is 5.57. The fourth-order valence-corrected chi connectivity index (χ4v) is 2.87. The average Bonchev–Trinajstić information content (AvgIpc) is 3.10. The van der Waals surface area contributed by atoms with Crippen molar-refractivity contribution in [3.8, 4) is 11.3 Å². The number of aryl methyl sites for hydroxylation is 1. The molecule has 24 heavy (non-hydrogen) atoms. The standard InChI is InChI=1S/C17H15N5O2/c23-15-13(7-8-14(20-15)12-5-2-1-3-6-12)16(24)21-9-4-10-22-17(21)18-11-19-22/h1-3,5-8,11H,4,9-10H2,(H,20,23). The second kappa shape index (κ2) is 5.77. The van der Waals surface area contributed by atoms with Gasteiger partial charge in [-0.25, -0.2) is 4.68 Å². The minimum absolute atomic E-state index is 0.103. The molecule has 1 amide bonds. The molecule has 7 nitrogen and oxygen atoms in total. The lowest BCUT2D eigenvalue weighted by Crippen LogP contribution is -2.40. The number of nitrogens with one attached hydrogen (secondary N) is 1. The van der Waals surface area contributed by atoms with Crippen LogP contribution in [0.4, 0.5) is 5.95 Å². The van der Waals surface area contributed by atoms with E-state index < -0.39 is 5.56 Å². The van der Waals surface area contributed by atoms with Crippen molar-refractivity contribution in [3.63, 3.8) is 0 Å². The molecule has 120 valence electrons. The normalized spacial score (nSPS) is 13.6. The predicted octanol–water partition coefficient (Wildman–Crippen LogP) is 1.68. The molecule has 1 N–H and O–H groups in total. The summed E-state index contributed by atoms with van der Waals surface area (Å²) in [4.78, 5) is 33.6. The lowest BCUT2D eigenvalue weighted by atomic mass is 10.1. The number of nitrogens with zero attached hydrogens (tertiary/aromatic N) is 4. The third kappa shape index (κ3) is 2.40. The van der Waals surface area contributed by atoms with E-state index in [1.54, 1.807) is 16.8 Å². The van der Waals surface area contributed by atoms with Gasteiger partial charge in [-0.2, -0.15) is 10.1 Å². The van der Waals surface area contributed by atoms with Crippen LogP contribution in [-0.4, -0.2) is 32.2 Å². The van der Waals surface area contributed by atoms with E-state index in [0.29, 0.717) is 18.2 Å². The number of anilines is 1. The SMILES string of the molecule is O=C(c1ccc(-c2ccccc2)[nH]c1=O)N1CCCn2ncnc21. The first-order chi connectivity index (χ1) is 11.7. The number of amides is 1.